The molecule has 1 rings (SSSR count). The van der Waals surface area contributed by atoms with Crippen LogP contribution < -0.4 is 5.32 Å². The highest BCUT2D eigenvalue weighted by molar-refractivity contribution is 5.96. The van der Waals surface area contributed by atoms with Gasteiger partial charge < -0.3 is 14.8 Å². The molecule has 2 N–H and O–H groups in total. The lowest BCUT2D eigenvalue weighted by Crippen LogP contribution is -2.49. The van der Waals surface area contributed by atoms with Gasteiger partial charge in [-0.05, 0) is 18.4 Å². The van der Waals surface area contributed by atoms with Crippen LogP contribution in [0.5, 0.6) is 0 Å². The molecule has 0 aromatic carbocycles. The monoisotopic (exact) mass is 239 g/mol. The number of carbonyl (C=O) groups is 2. The first kappa shape index (κ1) is 13.3. The van der Waals surface area contributed by atoms with Crippen LogP contribution in [0, 0.1) is 12.3 Å². The van der Waals surface area contributed by atoms with E-state index in [2.05, 4.69) is 5.32 Å². The van der Waals surface area contributed by atoms with Gasteiger partial charge in [0.1, 0.15) is 18.1 Å². The molecule has 0 unspecified atom stereocenters. The molecule has 1 aromatic heterocycles. The second-order valence-electron chi connectivity index (χ2n) is 5.06. The zero-order valence-electron chi connectivity index (χ0n) is 10.4. The fourth-order valence-corrected chi connectivity index (χ4v) is 1.43. The van der Waals surface area contributed by atoms with Crippen LogP contribution in [0.15, 0.2) is 16.7 Å². The molecule has 17 heavy (non-hydrogen) atoms. The first-order chi connectivity index (χ1) is 7.71. The summed E-state index contributed by atoms with van der Waals surface area (Å²) in [6.07, 6.45) is 1.31. The van der Waals surface area contributed by atoms with E-state index in [1.54, 1.807) is 33.8 Å². The third-order valence-electron chi connectivity index (χ3n) is 2.38. The van der Waals surface area contributed by atoms with Crippen molar-refractivity contribution in [2.45, 2.75) is 33.7 Å². The maximum atomic E-state index is 11.8. The number of aryl methyl sites for hydroxylation is 1. The summed E-state index contributed by atoms with van der Waals surface area (Å²) in [6, 6.07) is 0.627. The molecule has 0 aliphatic heterocycles. The minimum atomic E-state index is -1.05. The van der Waals surface area contributed by atoms with Crippen LogP contribution in [0.3, 0.4) is 0 Å². The number of aliphatic carboxylic acids is 1. The number of carbonyl (C=O) groups excluding carboxylic acids is 1. The number of hydrogen-bond acceptors (Lipinski definition) is 3. The van der Waals surface area contributed by atoms with Crippen LogP contribution in [-0.4, -0.2) is 23.0 Å². The third kappa shape index (κ3) is 3.34. The van der Waals surface area contributed by atoms with Gasteiger partial charge in [-0.2, -0.15) is 0 Å². The van der Waals surface area contributed by atoms with E-state index in [1.807, 2.05) is 0 Å². The molecule has 5 nitrogen and oxygen atoms in total. The van der Waals surface area contributed by atoms with E-state index in [0.717, 1.165) is 0 Å². The second kappa shape index (κ2) is 4.61. The van der Waals surface area contributed by atoms with Gasteiger partial charge in [0.05, 0.1) is 5.56 Å². The SMILES string of the molecule is Cc1cc(C(=O)N[C@@H](C(=O)O)C(C)(C)C)co1. The number of hydrogen-bond donors (Lipinski definition) is 2. The number of nitrogens with one attached hydrogen (secondary N) is 1. The quantitative estimate of drug-likeness (QED) is 0.843. The van der Waals surface area contributed by atoms with Crippen LogP contribution in [-0.2, 0) is 4.79 Å². The van der Waals surface area contributed by atoms with E-state index >= 15 is 0 Å². The lowest BCUT2D eigenvalue weighted by atomic mass is 9.86. The maximum absolute atomic E-state index is 11.8. The Morgan fingerprint density at radius 2 is 2.00 bits per heavy atom. The fourth-order valence-electron chi connectivity index (χ4n) is 1.43. The van der Waals surface area contributed by atoms with Crippen molar-refractivity contribution in [3.8, 4) is 0 Å². The molecule has 0 spiro atoms. The van der Waals surface area contributed by atoms with E-state index in [1.165, 1.54) is 6.26 Å². The molecule has 1 amide bonds. The zero-order chi connectivity index (χ0) is 13.2. The van der Waals surface area contributed by atoms with E-state index < -0.39 is 23.3 Å². The first-order valence-electron chi connectivity index (χ1n) is 5.30. The number of carboxylic acid groups (broad SMARTS) is 1. The van der Waals surface area contributed by atoms with Gasteiger partial charge in [0.15, 0.2) is 0 Å². The topological polar surface area (TPSA) is 79.5 Å². The summed E-state index contributed by atoms with van der Waals surface area (Å²) in [5.41, 5.74) is -0.224. The third-order valence-corrected chi connectivity index (χ3v) is 2.38. The van der Waals surface area contributed by atoms with Crippen molar-refractivity contribution in [2.24, 2.45) is 5.41 Å². The van der Waals surface area contributed by atoms with Crippen molar-refractivity contribution >= 4 is 11.9 Å². The zero-order valence-corrected chi connectivity index (χ0v) is 10.4. The Kier molecular flexibility index (Phi) is 3.60. The molecule has 5 heteroatoms. The summed E-state index contributed by atoms with van der Waals surface area (Å²) in [5, 5.41) is 11.6. The highest BCUT2D eigenvalue weighted by Crippen LogP contribution is 2.20. The van der Waals surface area contributed by atoms with Crippen molar-refractivity contribution in [3.63, 3.8) is 0 Å². The molecule has 1 aromatic rings. The average Bonchev–Trinajstić information content (AvgIpc) is 2.58. The fraction of sp³-hybridized carbons (Fsp3) is 0.500. The Balaban J connectivity index is 2.82. The maximum Gasteiger partial charge on any atom is 0.326 e. The number of amides is 1. The van der Waals surface area contributed by atoms with Crippen molar-refractivity contribution < 1.29 is 19.1 Å². The first-order valence-corrected chi connectivity index (χ1v) is 5.30. The Bertz CT molecular complexity index is 428. The highest BCUT2D eigenvalue weighted by Gasteiger charge is 2.32. The Hall–Kier alpha value is -1.78. The van der Waals surface area contributed by atoms with E-state index in [4.69, 9.17) is 9.52 Å². The Labute approximate surface area is 99.8 Å². The highest BCUT2D eigenvalue weighted by atomic mass is 16.4. The van der Waals surface area contributed by atoms with Gasteiger partial charge in [-0.1, -0.05) is 20.8 Å². The van der Waals surface area contributed by atoms with Gasteiger partial charge in [0.2, 0.25) is 0 Å². The van der Waals surface area contributed by atoms with Gasteiger partial charge in [0.25, 0.3) is 5.91 Å². The predicted molar refractivity (Wildman–Crippen MR) is 61.8 cm³/mol. The summed E-state index contributed by atoms with van der Waals surface area (Å²) in [7, 11) is 0. The summed E-state index contributed by atoms with van der Waals surface area (Å²) < 4.78 is 5.01. The van der Waals surface area contributed by atoms with Crippen LogP contribution in [0.25, 0.3) is 0 Å². The molecule has 0 saturated heterocycles. The molecule has 0 radical (unpaired) electrons. The molecule has 0 aliphatic carbocycles. The van der Waals surface area contributed by atoms with Crippen LogP contribution in [0.1, 0.15) is 36.9 Å². The predicted octanol–water partition coefficient (Wildman–Crippen LogP) is 1.82. The van der Waals surface area contributed by atoms with E-state index in [-0.39, 0.29) is 0 Å². The van der Waals surface area contributed by atoms with E-state index in [9.17, 15) is 9.59 Å². The molecule has 0 aliphatic rings. The molecular weight excluding hydrogens is 222 g/mol. The largest absolute Gasteiger partial charge is 0.480 e. The molecule has 94 valence electrons. The van der Waals surface area contributed by atoms with Gasteiger partial charge in [-0.25, -0.2) is 4.79 Å². The Morgan fingerprint density at radius 1 is 1.41 bits per heavy atom. The molecule has 0 bridgehead atoms. The molecule has 0 saturated carbocycles. The summed E-state index contributed by atoms with van der Waals surface area (Å²) >= 11 is 0. The van der Waals surface area contributed by atoms with Crippen LogP contribution >= 0.6 is 0 Å². The minimum absolute atomic E-state index is 0.331. The van der Waals surface area contributed by atoms with Crippen molar-refractivity contribution in [1.29, 1.82) is 0 Å². The van der Waals surface area contributed by atoms with Gasteiger partial charge >= 0.3 is 5.97 Å². The van der Waals surface area contributed by atoms with Gasteiger partial charge in [-0.15, -0.1) is 0 Å². The summed E-state index contributed by atoms with van der Waals surface area (Å²) in [4.78, 5) is 22.9. The second-order valence-corrected chi connectivity index (χ2v) is 5.06. The number of carboxylic acids is 1. The van der Waals surface area contributed by atoms with Crippen LogP contribution in [0.2, 0.25) is 0 Å². The van der Waals surface area contributed by atoms with Crippen molar-refractivity contribution in [3.05, 3.63) is 23.7 Å². The lowest BCUT2D eigenvalue weighted by molar-refractivity contribution is -0.142. The average molecular weight is 239 g/mol. The minimum Gasteiger partial charge on any atom is -0.480 e. The smallest absolute Gasteiger partial charge is 0.326 e. The Morgan fingerprint density at radius 3 is 2.35 bits per heavy atom. The molecular formula is C12H17NO4. The molecule has 1 heterocycles. The van der Waals surface area contributed by atoms with Gasteiger partial charge in [-0.3, -0.25) is 4.79 Å². The number of furan rings is 1. The normalized spacial score (nSPS) is 13.2. The summed E-state index contributed by atoms with van der Waals surface area (Å²) in [6.45, 7) is 6.99. The van der Waals surface area contributed by atoms with Crippen molar-refractivity contribution in [1.82, 2.24) is 5.32 Å². The van der Waals surface area contributed by atoms with Gasteiger partial charge in [0, 0.05) is 0 Å². The molecule has 0 fully saturated rings. The van der Waals surface area contributed by atoms with E-state index in [0.29, 0.717) is 11.3 Å². The van der Waals surface area contributed by atoms with Crippen LogP contribution in [0.4, 0.5) is 0 Å². The number of rotatable bonds is 3. The lowest BCUT2D eigenvalue weighted by Gasteiger charge is -2.27. The summed E-state index contributed by atoms with van der Waals surface area (Å²) in [5.74, 6) is -0.881. The van der Waals surface area contributed by atoms with Crippen molar-refractivity contribution in [2.75, 3.05) is 0 Å². The standard InChI is InChI=1S/C12H17NO4/c1-7-5-8(6-17-7)10(14)13-9(11(15)16)12(2,3)4/h5-6,9H,1-4H3,(H,13,14)(H,15,16)/t9-/m0/s1. The molecule has 1 atom stereocenters.